The van der Waals surface area contributed by atoms with Gasteiger partial charge in [-0.3, -0.25) is 9.59 Å². The van der Waals surface area contributed by atoms with E-state index in [1.54, 1.807) is 41.3 Å². The SMILES string of the molecule is CN1CCN(C(=O)c2ccc(CNC(=O)Nc3cccc(C(=O)N4CCc5ccccc54)c3)cc2)CC1. The maximum atomic E-state index is 13.1. The van der Waals surface area contributed by atoms with E-state index in [4.69, 9.17) is 0 Å². The van der Waals surface area contributed by atoms with Crippen molar-refractivity contribution in [2.75, 3.05) is 50.0 Å². The van der Waals surface area contributed by atoms with Crippen molar-refractivity contribution >= 4 is 29.2 Å². The molecule has 3 aromatic carbocycles. The number of nitrogens with one attached hydrogen (secondary N) is 2. The van der Waals surface area contributed by atoms with Crippen molar-refractivity contribution < 1.29 is 14.4 Å². The van der Waals surface area contributed by atoms with E-state index in [1.165, 1.54) is 5.56 Å². The summed E-state index contributed by atoms with van der Waals surface area (Å²) >= 11 is 0. The first kappa shape index (κ1) is 24.5. The highest BCUT2D eigenvalue weighted by Gasteiger charge is 2.25. The van der Waals surface area contributed by atoms with Gasteiger partial charge in [0.25, 0.3) is 11.8 Å². The Hall–Kier alpha value is -4.17. The lowest BCUT2D eigenvalue weighted by molar-refractivity contribution is 0.0664. The van der Waals surface area contributed by atoms with Crippen molar-refractivity contribution in [3.05, 3.63) is 95.1 Å². The summed E-state index contributed by atoms with van der Waals surface area (Å²) in [5.74, 6) is -0.0441. The summed E-state index contributed by atoms with van der Waals surface area (Å²) in [5.41, 5.74) is 4.72. The zero-order chi connectivity index (χ0) is 25.8. The standard InChI is InChI=1S/C29H31N5O3/c1-32-15-17-33(18-16-32)27(35)23-11-9-21(10-12-23)20-30-29(37)31-25-7-4-6-24(19-25)28(36)34-14-13-22-5-2-3-8-26(22)34/h2-12,19H,13-18,20H2,1H3,(H2,30,31,37). The number of hydrogen-bond acceptors (Lipinski definition) is 4. The number of carbonyl (C=O) groups excluding carboxylic acids is 3. The maximum Gasteiger partial charge on any atom is 0.319 e. The van der Waals surface area contributed by atoms with Gasteiger partial charge in [-0.25, -0.2) is 4.79 Å². The molecular weight excluding hydrogens is 466 g/mol. The molecule has 0 unspecified atom stereocenters. The number of piperazine rings is 1. The number of likely N-dealkylation sites (N-methyl/N-ethyl adjacent to an activating group) is 1. The van der Waals surface area contributed by atoms with E-state index < -0.39 is 0 Å². The fourth-order valence-corrected chi connectivity index (χ4v) is 4.75. The zero-order valence-corrected chi connectivity index (χ0v) is 20.9. The van der Waals surface area contributed by atoms with Gasteiger partial charge in [-0.05, 0) is 61.0 Å². The van der Waals surface area contributed by atoms with Crippen LogP contribution in [0.1, 0.15) is 31.8 Å². The molecule has 1 saturated heterocycles. The molecule has 37 heavy (non-hydrogen) atoms. The minimum Gasteiger partial charge on any atom is -0.336 e. The predicted octanol–water partition coefficient (Wildman–Crippen LogP) is 3.60. The van der Waals surface area contributed by atoms with Crippen LogP contribution in [0.4, 0.5) is 16.2 Å². The summed E-state index contributed by atoms with van der Waals surface area (Å²) < 4.78 is 0. The number of nitrogens with zero attached hydrogens (tertiary/aromatic N) is 3. The van der Waals surface area contributed by atoms with E-state index in [0.29, 0.717) is 29.9 Å². The second kappa shape index (κ2) is 10.8. The van der Waals surface area contributed by atoms with Gasteiger partial charge in [-0.15, -0.1) is 0 Å². The van der Waals surface area contributed by atoms with Crippen molar-refractivity contribution in [3.8, 4) is 0 Å². The van der Waals surface area contributed by atoms with Gasteiger partial charge in [0.15, 0.2) is 0 Å². The first-order valence-corrected chi connectivity index (χ1v) is 12.6. The van der Waals surface area contributed by atoms with Crippen LogP contribution in [0.15, 0.2) is 72.8 Å². The molecule has 2 heterocycles. The molecule has 1 fully saturated rings. The quantitative estimate of drug-likeness (QED) is 0.564. The van der Waals surface area contributed by atoms with Crippen LogP contribution >= 0.6 is 0 Å². The Morgan fingerprint density at radius 2 is 1.54 bits per heavy atom. The minimum atomic E-state index is -0.367. The number of benzene rings is 3. The van der Waals surface area contributed by atoms with Crippen LogP contribution < -0.4 is 15.5 Å². The number of fused-ring (bicyclic) bond motifs is 1. The Morgan fingerprint density at radius 1 is 0.784 bits per heavy atom. The van der Waals surface area contributed by atoms with Gasteiger partial charge in [0.2, 0.25) is 0 Å². The van der Waals surface area contributed by atoms with Gasteiger partial charge in [0, 0.05) is 61.8 Å². The van der Waals surface area contributed by atoms with E-state index in [1.807, 2.05) is 41.3 Å². The number of carbonyl (C=O) groups is 3. The smallest absolute Gasteiger partial charge is 0.319 e. The van der Waals surface area contributed by atoms with Crippen LogP contribution in [-0.2, 0) is 13.0 Å². The Bertz CT molecular complexity index is 1300. The first-order chi connectivity index (χ1) is 18.0. The van der Waals surface area contributed by atoms with Crippen molar-refractivity contribution in [2.45, 2.75) is 13.0 Å². The van der Waals surface area contributed by atoms with Crippen LogP contribution in [0.5, 0.6) is 0 Å². The lowest BCUT2D eigenvalue weighted by Gasteiger charge is -2.32. The molecule has 2 aliphatic heterocycles. The van der Waals surface area contributed by atoms with Crippen molar-refractivity contribution in [1.82, 2.24) is 15.1 Å². The van der Waals surface area contributed by atoms with E-state index in [9.17, 15) is 14.4 Å². The van der Waals surface area contributed by atoms with Crippen molar-refractivity contribution in [1.29, 1.82) is 0 Å². The van der Waals surface area contributed by atoms with E-state index in [-0.39, 0.29) is 17.8 Å². The topological polar surface area (TPSA) is 85.0 Å². The molecule has 0 aromatic heterocycles. The molecule has 0 radical (unpaired) electrons. The molecule has 0 spiro atoms. The van der Waals surface area contributed by atoms with Gasteiger partial charge in [-0.1, -0.05) is 36.4 Å². The minimum absolute atomic E-state index is 0.0391. The molecule has 2 aliphatic rings. The fraction of sp³-hybridized carbons (Fsp3) is 0.276. The molecule has 0 bridgehead atoms. The summed E-state index contributed by atoms with van der Waals surface area (Å²) in [4.78, 5) is 44.2. The first-order valence-electron chi connectivity index (χ1n) is 12.6. The average Bonchev–Trinajstić information content (AvgIpc) is 3.36. The molecule has 0 saturated carbocycles. The van der Waals surface area contributed by atoms with Gasteiger partial charge in [-0.2, -0.15) is 0 Å². The number of hydrogen-bond donors (Lipinski definition) is 2. The molecule has 0 atom stereocenters. The second-order valence-electron chi connectivity index (χ2n) is 9.52. The summed E-state index contributed by atoms with van der Waals surface area (Å²) in [6.45, 7) is 4.19. The van der Waals surface area contributed by atoms with Crippen molar-refractivity contribution in [2.24, 2.45) is 0 Å². The zero-order valence-electron chi connectivity index (χ0n) is 20.9. The molecule has 190 valence electrons. The lowest BCUT2D eigenvalue weighted by atomic mass is 10.1. The molecule has 4 amide bonds. The average molecular weight is 498 g/mol. The Labute approximate surface area is 216 Å². The molecule has 5 rings (SSSR count). The van der Waals surface area contributed by atoms with Crippen LogP contribution in [0.3, 0.4) is 0 Å². The summed E-state index contributed by atoms with van der Waals surface area (Å²) in [6.07, 6.45) is 0.841. The second-order valence-corrected chi connectivity index (χ2v) is 9.52. The van der Waals surface area contributed by atoms with Gasteiger partial charge < -0.3 is 25.3 Å². The summed E-state index contributed by atoms with van der Waals surface area (Å²) in [5, 5.41) is 5.64. The molecule has 0 aliphatic carbocycles. The normalized spacial score (nSPS) is 15.3. The van der Waals surface area contributed by atoms with Gasteiger partial charge in [0.1, 0.15) is 0 Å². The van der Waals surface area contributed by atoms with E-state index >= 15 is 0 Å². The predicted molar refractivity (Wildman–Crippen MR) is 144 cm³/mol. The van der Waals surface area contributed by atoms with Crippen LogP contribution in [-0.4, -0.2) is 67.4 Å². The number of anilines is 2. The Morgan fingerprint density at radius 3 is 2.32 bits per heavy atom. The molecule has 3 aromatic rings. The summed E-state index contributed by atoms with van der Waals surface area (Å²) in [7, 11) is 2.06. The van der Waals surface area contributed by atoms with Gasteiger partial charge >= 0.3 is 6.03 Å². The van der Waals surface area contributed by atoms with E-state index in [2.05, 4.69) is 22.6 Å². The van der Waals surface area contributed by atoms with Crippen LogP contribution in [0, 0.1) is 0 Å². The molecule has 8 nitrogen and oxygen atoms in total. The fourth-order valence-electron chi connectivity index (χ4n) is 4.75. The largest absolute Gasteiger partial charge is 0.336 e. The van der Waals surface area contributed by atoms with Gasteiger partial charge in [0.05, 0.1) is 0 Å². The third kappa shape index (κ3) is 5.65. The highest BCUT2D eigenvalue weighted by atomic mass is 16.2. The van der Waals surface area contributed by atoms with Crippen molar-refractivity contribution in [3.63, 3.8) is 0 Å². The lowest BCUT2D eigenvalue weighted by Crippen LogP contribution is -2.47. The molecular formula is C29H31N5O3. The molecule has 2 N–H and O–H groups in total. The van der Waals surface area contributed by atoms with Crippen LogP contribution in [0.25, 0.3) is 0 Å². The highest BCUT2D eigenvalue weighted by Crippen LogP contribution is 2.29. The number of amides is 4. The number of para-hydroxylation sites is 1. The Kier molecular flexibility index (Phi) is 7.18. The maximum absolute atomic E-state index is 13.1. The monoisotopic (exact) mass is 497 g/mol. The summed E-state index contributed by atoms with van der Waals surface area (Å²) in [6, 6.07) is 21.9. The number of urea groups is 1. The third-order valence-corrected chi connectivity index (χ3v) is 6.94. The third-order valence-electron chi connectivity index (χ3n) is 6.94. The molecule has 8 heteroatoms. The van der Waals surface area contributed by atoms with E-state index in [0.717, 1.165) is 43.9 Å². The van der Waals surface area contributed by atoms with Crippen LogP contribution in [0.2, 0.25) is 0 Å². The number of rotatable bonds is 5. The Balaban J connectivity index is 1.14. The highest BCUT2D eigenvalue weighted by molar-refractivity contribution is 6.08.